The molecule has 2 N–H and O–H groups in total. The van der Waals surface area contributed by atoms with Crippen molar-refractivity contribution >= 4 is 5.78 Å². The second-order valence-corrected chi connectivity index (χ2v) is 8.44. The van der Waals surface area contributed by atoms with Crippen LogP contribution in [-0.2, 0) is 16.6 Å². The van der Waals surface area contributed by atoms with Crippen LogP contribution < -0.4 is 10.1 Å². The van der Waals surface area contributed by atoms with Crippen molar-refractivity contribution in [1.82, 2.24) is 5.32 Å². The number of hydrogen-bond acceptors (Lipinski definition) is 4. The van der Waals surface area contributed by atoms with Crippen LogP contribution >= 0.6 is 0 Å². The lowest BCUT2D eigenvalue weighted by Gasteiger charge is -2.50. The van der Waals surface area contributed by atoms with Gasteiger partial charge >= 0.3 is 0 Å². The van der Waals surface area contributed by atoms with Gasteiger partial charge in [0.05, 0.1) is 7.11 Å². The van der Waals surface area contributed by atoms with E-state index in [9.17, 15) is 9.90 Å². The monoisotopic (exact) mass is 343 g/mol. The Labute approximate surface area is 150 Å². The van der Waals surface area contributed by atoms with Crippen LogP contribution in [0.5, 0.6) is 11.5 Å². The van der Waals surface area contributed by atoms with E-state index in [-0.39, 0.29) is 11.2 Å². The quantitative estimate of drug-likeness (QED) is 0.880. The summed E-state index contributed by atoms with van der Waals surface area (Å²) in [6, 6.07) is 4.32. The molecule has 0 heterocycles. The van der Waals surface area contributed by atoms with Crippen molar-refractivity contribution < 1.29 is 14.6 Å². The summed E-state index contributed by atoms with van der Waals surface area (Å²) < 4.78 is 5.34. The van der Waals surface area contributed by atoms with E-state index in [1.165, 1.54) is 19.3 Å². The summed E-state index contributed by atoms with van der Waals surface area (Å²) in [5.74, 6) is 2.27. The molecule has 2 fully saturated rings. The largest absolute Gasteiger partial charge is 0.504 e. The van der Waals surface area contributed by atoms with E-state index in [2.05, 4.69) is 18.3 Å². The minimum atomic E-state index is -0.307. The number of carbonyl (C=O) groups is 1. The molecule has 25 heavy (non-hydrogen) atoms. The molecule has 3 atom stereocenters. The van der Waals surface area contributed by atoms with E-state index in [0.29, 0.717) is 36.3 Å². The van der Waals surface area contributed by atoms with Gasteiger partial charge in [-0.3, -0.25) is 4.79 Å². The third kappa shape index (κ3) is 2.75. The Kier molecular flexibility index (Phi) is 4.27. The number of fused-ring (bicyclic) bond motifs is 3. The van der Waals surface area contributed by atoms with Crippen LogP contribution in [0.25, 0.3) is 0 Å². The molecular weight excluding hydrogens is 314 g/mol. The van der Waals surface area contributed by atoms with E-state index in [4.69, 9.17) is 4.74 Å². The molecule has 0 spiro atoms. The van der Waals surface area contributed by atoms with Gasteiger partial charge in [0.2, 0.25) is 0 Å². The lowest BCUT2D eigenvalue weighted by atomic mass is 9.56. The fourth-order valence-corrected chi connectivity index (χ4v) is 5.38. The van der Waals surface area contributed by atoms with Crippen LogP contribution in [0.1, 0.15) is 56.6 Å². The van der Waals surface area contributed by atoms with Gasteiger partial charge in [-0.2, -0.15) is 0 Å². The predicted molar refractivity (Wildman–Crippen MR) is 97.2 cm³/mol. The first-order valence-corrected chi connectivity index (χ1v) is 9.67. The van der Waals surface area contributed by atoms with Gasteiger partial charge in [-0.25, -0.2) is 0 Å². The van der Waals surface area contributed by atoms with Crippen LogP contribution in [0.4, 0.5) is 0 Å². The molecule has 0 amide bonds. The highest BCUT2D eigenvalue weighted by atomic mass is 16.5. The van der Waals surface area contributed by atoms with Crippen molar-refractivity contribution in [2.45, 2.75) is 63.3 Å². The van der Waals surface area contributed by atoms with E-state index < -0.39 is 0 Å². The standard InChI is InChI=1S/C21H29NO3/c1-21-11-15(23)7-8-16(21)17(22-12-13-4-3-5-13)10-14-6-9-18(25-2)20(24)19(14)21/h6,9,13,16-17,22,24H,3-5,7-8,10-12H2,1-2H3/t16-,17+,21-/m1/s1. The molecule has 0 aromatic heterocycles. The topological polar surface area (TPSA) is 58.6 Å². The Morgan fingerprint density at radius 3 is 2.80 bits per heavy atom. The van der Waals surface area contributed by atoms with Crippen LogP contribution in [0.15, 0.2) is 12.1 Å². The smallest absolute Gasteiger partial charge is 0.161 e. The average Bonchev–Trinajstić information content (AvgIpc) is 2.52. The second kappa shape index (κ2) is 6.31. The van der Waals surface area contributed by atoms with Crippen LogP contribution in [0.2, 0.25) is 0 Å². The molecule has 0 radical (unpaired) electrons. The van der Waals surface area contributed by atoms with Crippen LogP contribution in [-0.4, -0.2) is 30.6 Å². The first-order chi connectivity index (χ1) is 12.0. The van der Waals surface area contributed by atoms with E-state index >= 15 is 0 Å². The van der Waals surface area contributed by atoms with Crippen molar-refractivity contribution in [3.8, 4) is 11.5 Å². The van der Waals surface area contributed by atoms with Gasteiger partial charge < -0.3 is 15.2 Å². The van der Waals surface area contributed by atoms with E-state index in [0.717, 1.165) is 36.4 Å². The summed E-state index contributed by atoms with van der Waals surface area (Å²) in [6.07, 6.45) is 7.07. The summed E-state index contributed by atoms with van der Waals surface area (Å²) >= 11 is 0. The molecule has 4 nitrogen and oxygen atoms in total. The van der Waals surface area contributed by atoms with Gasteiger partial charge in [0.1, 0.15) is 5.78 Å². The minimum Gasteiger partial charge on any atom is -0.504 e. The van der Waals surface area contributed by atoms with Gasteiger partial charge in [-0.1, -0.05) is 19.4 Å². The number of phenols is 1. The second-order valence-electron chi connectivity index (χ2n) is 8.44. The molecule has 4 heteroatoms. The molecule has 4 rings (SSSR count). The normalized spacial score (nSPS) is 31.8. The van der Waals surface area contributed by atoms with Gasteiger partial charge in [0, 0.05) is 29.9 Å². The molecule has 0 saturated heterocycles. The molecule has 136 valence electrons. The molecule has 2 saturated carbocycles. The number of hydrogen-bond donors (Lipinski definition) is 2. The highest BCUT2D eigenvalue weighted by Crippen LogP contribution is 2.53. The Balaban J connectivity index is 1.70. The highest BCUT2D eigenvalue weighted by Gasteiger charge is 2.50. The Morgan fingerprint density at radius 1 is 1.32 bits per heavy atom. The Morgan fingerprint density at radius 2 is 2.12 bits per heavy atom. The molecule has 0 bridgehead atoms. The maximum atomic E-state index is 12.3. The third-order valence-electron chi connectivity index (χ3n) is 6.95. The van der Waals surface area contributed by atoms with Crippen molar-refractivity contribution in [3.63, 3.8) is 0 Å². The first kappa shape index (κ1) is 16.9. The number of ketones is 1. The van der Waals surface area contributed by atoms with Crippen molar-refractivity contribution in [3.05, 3.63) is 23.3 Å². The number of methoxy groups -OCH3 is 1. The van der Waals surface area contributed by atoms with Gasteiger partial charge in [0.25, 0.3) is 0 Å². The lowest BCUT2D eigenvalue weighted by Crippen LogP contribution is -2.55. The number of rotatable bonds is 4. The third-order valence-corrected chi connectivity index (χ3v) is 6.95. The fourth-order valence-electron chi connectivity index (χ4n) is 5.38. The van der Waals surface area contributed by atoms with Crippen LogP contribution in [0.3, 0.4) is 0 Å². The number of aromatic hydroxyl groups is 1. The number of phenolic OH excluding ortho intramolecular Hbond substituents is 1. The van der Waals surface area contributed by atoms with E-state index in [1.54, 1.807) is 7.11 Å². The number of Topliss-reactive ketones (excluding diaryl/α,β-unsaturated/α-hetero) is 1. The summed E-state index contributed by atoms with van der Waals surface area (Å²) in [5, 5.41) is 14.6. The summed E-state index contributed by atoms with van der Waals surface area (Å²) in [5.41, 5.74) is 1.81. The fraction of sp³-hybridized carbons (Fsp3) is 0.667. The predicted octanol–water partition coefficient (Wildman–Crippen LogP) is 3.34. The Bertz CT molecular complexity index is 682. The highest BCUT2D eigenvalue weighted by molar-refractivity contribution is 5.82. The minimum absolute atomic E-state index is 0.236. The van der Waals surface area contributed by atoms with Gasteiger partial charge in [-0.15, -0.1) is 0 Å². The molecule has 3 aliphatic carbocycles. The molecule has 3 aliphatic rings. The van der Waals surface area contributed by atoms with Gasteiger partial charge in [0.15, 0.2) is 11.5 Å². The first-order valence-electron chi connectivity index (χ1n) is 9.67. The zero-order chi connectivity index (χ0) is 17.6. The number of ether oxygens (including phenoxy) is 1. The Hall–Kier alpha value is -1.55. The average molecular weight is 343 g/mol. The molecular formula is C21H29NO3. The zero-order valence-corrected chi connectivity index (χ0v) is 15.3. The summed E-state index contributed by atoms with van der Waals surface area (Å²) in [4.78, 5) is 12.3. The van der Waals surface area contributed by atoms with E-state index in [1.807, 2.05) is 6.07 Å². The van der Waals surface area contributed by atoms with Crippen molar-refractivity contribution in [2.24, 2.45) is 11.8 Å². The summed E-state index contributed by atoms with van der Waals surface area (Å²) in [7, 11) is 1.58. The molecule has 1 aromatic rings. The summed E-state index contributed by atoms with van der Waals surface area (Å²) in [6.45, 7) is 3.26. The number of nitrogens with one attached hydrogen (secondary N) is 1. The zero-order valence-electron chi connectivity index (χ0n) is 15.3. The SMILES string of the molecule is COc1ccc2c(c1O)[C@]1(C)CC(=O)CC[C@@H]1[C@@H](NCC1CCC1)C2. The van der Waals surface area contributed by atoms with Gasteiger partial charge in [-0.05, 0) is 55.7 Å². The lowest BCUT2D eigenvalue weighted by molar-refractivity contribution is -0.123. The van der Waals surface area contributed by atoms with Crippen molar-refractivity contribution in [1.29, 1.82) is 0 Å². The maximum absolute atomic E-state index is 12.3. The molecule has 0 aliphatic heterocycles. The van der Waals surface area contributed by atoms with Crippen LogP contribution in [0, 0.1) is 11.8 Å². The maximum Gasteiger partial charge on any atom is 0.161 e. The number of carbonyl (C=O) groups excluding carboxylic acids is 1. The van der Waals surface area contributed by atoms with Crippen molar-refractivity contribution in [2.75, 3.05) is 13.7 Å². The number of benzene rings is 1. The molecule has 1 aromatic carbocycles. The molecule has 0 unspecified atom stereocenters.